The number of anilines is 1. The van der Waals surface area contributed by atoms with E-state index in [0.29, 0.717) is 22.9 Å². The van der Waals surface area contributed by atoms with Gasteiger partial charge in [0.15, 0.2) is 5.13 Å². The quantitative estimate of drug-likeness (QED) is 0.717. The van der Waals surface area contributed by atoms with Gasteiger partial charge in [-0.15, -0.1) is 11.3 Å². The summed E-state index contributed by atoms with van der Waals surface area (Å²) in [5.41, 5.74) is 1.24. The molecule has 1 heterocycles. The number of thiazole rings is 1. The molecule has 0 aliphatic heterocycles. The third-order valence-electron chi connectivity index (χ3n) is 3.25. The van der Waals surface area contributed by atoms with E-state index < -0.39 is 0 Å². The first-order valence-corrected chi connectivity index (χ1v) is 8.65. The Labute approximate surface area is 145 Å². The standard InChI is InChI=1S/C17H22N4O2S/c1-21(2)10-6-9-18-15(22)11-14-12-24-17(19-14)20-16(23)13-7-4-3-5-8-13/h3-5,7-8,12H,6,9-11H2,1-2H3,(H,18,22)(H,19,20,23). The number of hydrogen-bond donors (Lipinski definition) is 2. The summed E-state index contributed by atoms with van der Waals surface area (Å²) in [6.07, 6.45) is 1.13. The molecule has 128 valence electrons. The van der Waals surface area contributed by atoms with E-state index in [1.807, 2.05) is 32.3 Å². The van der Waals surface area contributed by atoms with Gasteiger partial charge in [-0.05, 0) is 39.2 Å². The second-order valence-electron chi connectivity index (χ2n) is 5.65. The summed E-state index contributed by atoms with van der Waals surface area (Å²) in [6, 6.07) is 8.96. The molecule has 2 N–H and O–H groups in total. The first-order chi connectivity index (χ1) is 11.5. The van der Waals surface area contributed by atoms with Gasteiger partial charge in [0.1, 0.15) is 0 Å². The Balaban J connectivity index is 1.78. The number of amides is 2. The largest absolute Gasteiger partial charge is 0.356 e. The predicted octanol–water partition coefficient (Wildman–Crippen LogP) is 2.01. The van der Waals surface area contributed by atoms with Crippen LogP contribution in [0.15, 0.2) is 35.7 Å². The molecule has 0 radical (unpaired) electrons. The average molecular weight is 346 g/mol. The van der Waals surface area contributed by atoms with Crippen LogP contribution in [0.25, 0.3) is 0 Å². The Bertz CT molecular complexity index is 670. The van der Waals surface area contributed by atoms with Gasteiger partial charge in [0, 0.05) is 17.5 Å². The monoisotopic (exact) mass is 346 g/mol. The summed E-state index contributed by atoms with van der Waals surface area (Å²) in [5, 5.41) is 7.91. The molecular formula is C17H22N4O2S. The number of benzene rings is 1. The molecule has 0 saturated heterocycles. The molecule has 2 aromatic rings. The predicted molar refractivity (Wildman–Crippen MR) is 96.4 cm³/mol. The number of carbonyl (C=O) groups is 2. The molecule has 2 amide bonds. The van der Waals surface area contributed by atoms with E-state index >= 15 is 0 Å². The normalized spacial score (nSPS) is 10.6. The highest BCUT2D eigenvalue weighted by atomic mass is 32.1. The van der Waals surface area contributed by atoms with Gasteiger partial charge in [-0.2, -0.15) is 0 Å². The van der Waals surface area contributed by atoms with Crippen LogP contribution in [0.3, 0.4) is 0 Å². The van der Waals surface area contributed by atoms with Crippen molar-refractivity contribution >= 4 is 28.3 Å². The highest BCUT2D eigenvalue weighted by molar-refractivity contribution is 7.14. The molecular weight excluding hydrogens is 324 g/mol. The maximum atomic E-state index is 12.0. The lowest BCUT2D eigenvalue weighted by atomic mass is 10.2. The Morgan fingerprint density at radius 1 is 1.21 bits per heavy atom. The van der Waals surface area contributed by atoms with Crippen molar-refractivity contribution < 1.29 is 9.59 Å². The maximum Gasteiger partial charge on any atom is 0.257 e. The van der Waals surface area contributed by atoms with Crippen molar-refractivity contribution in [2.24, 2.45) is 0 Å². The van der Waals surface area contributed by atoms with Gasteiger partial charge in [-0.25, -0.2) is 4.98 Å². The number of nitrogens with zero attached hydrogens (tertiary/aromatic N) is 2. The van der Waals surface area contributed by atoms with Gasteiger partial charge >= 0.3 is 0 Å². The SMILES string of the molecule is CN(C)CCCNC(=O)Cc1csc(NC(=O)c2ccccc2)n1. The van der Waals surface area contributed by atoms with Crippen molar-refractivity contribution in [1.82, 2.24) is 15.2 Å². The lowest BCUT2D eigenvalue weighted by Crippen LogP contribution is -2.28. The van der Waals surface area contributed by atoms with Gasteiger partial charge in [-0.3, -0.25) is 14.9 Å². The van der Waals surface area contributed by atoms with E-state index in [4.69, 9.17) is 0 Å². The lowest BCUT2D eigenvalue weighted by Gasteiger charge is -2.09. The highest BCUT2D eigenvalue weighted by Crippen LogP contribution is 2.16. The smallest absolute Gasteiger partial charge is 0.257 e. The molecule has 7 heteroatoms. The van der Waals surface area contributed by atoms with Crippen LogP contribution in [0.5, 0.6) is 0 Å². The summed E-state index contributed by atoms with van der Waals surface area (Å²) < 4.78 is 0. The van der Waals surface area contributed by atoms with Crippen LogP contribution >= 0.6 is 11.3 Å². The molecule has 0 fully saturated rings. The summed E-state index contributed by atoms with van der Waals surface area (Å²) >= 11 is 1.32. The Morgan fingerprint density at radius 2 is 1.96 bits per heavy atom. The molecule has 0 spiro atoms. The Hall–Kier alpha value is -2.25. The van der Waals surface area contributed by atoms with Gasteiger partial charge in [0.05, 0.1) is 12.1 Å². The second kappa shape index (κ2) is 9.14. The lowest BCUT2D eigenvalue weighted by molar-refractivity contribution is -0.120. The fourth-order valence-electron chi connectivity index (χ4n) is 2.05. The number of rotatable bonds is 8. The molecule has 1 aromatic heterocycles. The Morgan fingerprint density at radius 3 is 2.67 bits per heavy atom. The van der Waals surface area contributed by atoms with E-state index in [1.165, 1.54) is 11.3 Å². The van der Waals surface area contributed by atoms with Crippen molar-refractivity contribution in [3.05, 3.63) is 47.0 Å². The minimum Gasteiger partial charge on any atom is -0.356 e. The van der Waals surface area contributed by atoms with Gasteiger partial charge in [0.2, 0.25) is 5.91 Å². The topological polar surface area (TPSA) is 74.3 Å². The maximum absolute atomic E-state index is 12.0. The molecule has 0 saturated carbocycles. The first-order valence-electron chi connectivity index (χ1n) is 7.77. The van der Waals surface area contributed by atoms with Crippen LogP contribution in [-0.2, 0) is 11.2 Å². The van der Waals surface area contributed by atoms with E-state index in [-0.39, 0.29) is 18.2 Å². The summed E-state index contributed by atoms with van der Waals surface area (Å²) in [7, 11) is 4.00. The van der Waals surface area contributed by atoms with Crippen molar-refractivity contribution in [2.75, 3.05) is 32.5 Å². The number of carbonyl (C=O) groups excluding carboxylic acids is 2. The van der Waals surface area contributed by atoms with Gasteiger partial charge in [0.25, 0.3) is 5.91 Å². The third-order valence-corrected chi connectivity index (χ3v) is 4.06. The van der Waals surface area contributed by atoms with E-state index in [9.17, 15) is 9.59 Å². The van der Waals surface area contributed by atoms with E-state index in [0.717, 1.165) is 13.0 Å². The minimum absolute atomic E-state index is 0.0556. The molecule has 6 nitrogen and oxygen atoms in total. The highest BCUT2D eigenvalue weighted by Gasteiger charge is 2.10. The van der Waals surface area contributed by atoms with E-state index in [2.05, 4.69) is 20.5 Å². The average Bonchev–Trinajstić information content (AvgIpc) is 2.99. The van der Waals surface area contributed by atoms with Crippen molar-refractivity contribution in [1.29, 1.82) is 0 Å². The summed E-state index contributed by atoms with van der Waals surface area (Å²) in [4.78, 5) is 30.3. The van der Waals surface area contributed by atoms with Gasteiger partial charge < -0.3 is 10.2 Å². The number of aromatic nitrogens is 1. The van der Waals surface area contributed by atoms with Crippen molar-refractivity contribution in [3.63, 3.8) is 0 Å². The number of nitrogens with one attached hydrogen (secondary N) is 2. The van der Waals surface area contributed by atoms with Crippen LogP contribution in [0, 0.1) is 0 Å². The van der Waals surface area contributed by atoms with E-state index in [1.54, 1.807) is 17.5 Å². The molecule has 0 unspecified atom stereocenters. The van der Waals surface area contributed by atoms with Crippen LogP contribution in [0.2, 0.25) is 0 Å². The molecule has 2 rings (SSSR count). The zero-order chi connectivity index (χ0) is 17.4. The van der Waals surface area contributed by atoms with Crippen molar-refractivity contribution in [3.8, 4) is 0 Å². The second-order valence-corrected chi connectivity index (χ2v) is 6.51. The Kier molecular flexibility index (Phi) is 6.89. The zero-order valence-corrected chi connectivity index (χ0v) is 14.7. The molecule has 0 bridgehead atoms. The van der Waals surface area contributed by atoms with Crippen LogP contribution in [-0.4, -0.2) is 48.9 Å². The molecule has 24 heavy (non-hydrogen) atoms. The van der Waals surface area contributed by atoms with Crippen LogP contribution in [0.1, 0.15) is 22.5 Å². The molecule has 1 aromatic carbocycles. The zero-order valence-electron chi connectivity index (χ0n) is 13.9. The van der Waals surface area contributed by atoms with Crippen LogP contribution < -0.4 is 10.6 Å². The molecule has 0 atom stereocenters. The fraction of sp³-hybridized carbons (Fsp3) is 0.353. The van der Waals surface area contributed by atoms with Crippen molar-refractivity contribution in [2.45, 2.75) is 12.8 Å². The summed E-state index contributed by atoms with van der Waals surface area (Å²) in [6.45, 7) is 1.59. The van der Waals surface area contributed by atoms with Gasteiger partial charge in [-0.1, -0.05) is 18.2 Å². The first kappa shape index (κ1) is 18.1. The fourth-order valence-corrected chi connectivity index (χ4v) is 2.76. The molecule has 0 aliphatic carbocycles. The number of hydrogen-bond acceptors (Lipinski definition) is 5. The summed E-state index contributed by atoms with van der Waals surface area (Å²) in [5.74, 6) is -0.260. The third kappa shape index (κ3) is 6.10. The minimum atomic E-state index is -0.204. The van der Waals surface area contributed by atoms with Crippen LogP contribution in [0.4, 0.5) is 5.13 Å². The molecule has 0 aliphatic rings.